The summed E-state index contributed by atoms with van der Waals surface area (Å²) in [6, 6.07) is 9.38. The number of nitrogens with zero attached hydrogens (tertiary/aromatic N) is 1. The Morgan fingerprint density at radius 2 is 2.14 bits per heavy atom. The number of fused-ring (bicyclic) bond motifs is 1. The van der Waals surface area contributed by atoms with Crippen molar-refractivity contribution in [3.63, 3.8) is 0 Å². The number of rotatable bonds is 5. The molecule has 1 fully saturated rings. The van der Waals surface area contributed by atoms with Gasteiger partial charge in [0.1, 0.15) is 17.1 Å². The molecule has 0 unspecified atom stereocenters. The van der Waals surface area contributed by atoms with Gasteiger partial charge in [0.25, 0.3) is 5.91 Å². The summed E-state index contributed by atoms with van der Waals surface area (Å²) in [6.07, 6.45) is 1.50. The van der Waals surface area contributed by atoms with Gasteiger partial charge in [0.2, 0.25) is 5.89 Å². The summed E-state index contributed by atoms with van der Waals surface area (Å²) < 4.78 is 24.5. The standard InChI is InChI=1S/C20H18Cl2FN3O3/c21-13-6-5-12(8-15(13)23)28-10-18(27)25-11-4-7-16(24-9-11)20-26-19-14(22)2-1-3-17(19)29-20/h1-3,5-6,8,11,16,24H,4,7,9-10H2,(H,25,27)/t11-,16+/m0/s1. The maximum Gasteiger partial charge on any atom is 0.258 e. The third-order valence-corrected chi connectivity index (χ3v) is 5.34. The monoisotopic (exact) mass is 437 g/mol. The van der Waals surface area contributed by atoms with Crippen molar-refractivity contribution in [2.75, 3.05) is 13.2 Å². The van der Waals surface area contributed by atoms with Crippen molar-refractivity contribution in [3.05, 3.63) is 58.2 Å². The molecule has 2 aromatic carbocycles. The van der Waals surface area contributed by atoms with Gasteiger partial charge >= 0.3 is 0 Å². The molecular formula is C20H18Cl2FN3O3. The van der Waals surface area contributed by atoms with Gasteiger partial charge in [-0.25, -0.2) is 9.37 Å². The van der Waals surface area contributed by atoms with E-state index in [1.807, 2.05) is 12.1 Å². The zero-order valence-electron chi connectivity index (χ0n) is 15.3. The van der Waals surface area contributed by atoms with E-state index < -0.39 is 5.82 Å². The fourth-order valence-electron chi connectivity index (χ4n) is 3.26. The van der Waals surface area contributed by atoms with Gasteiger partial charge in [0, 0.05) is 18.7 Å². The van der Waals surface area contributed by atoms with Crippen LogP contribution in [0.4, 0.5) is 4.39 Å². The van der Waals surface area contributed by atoms with E-state index in [0.29, 0.717) is 28.6 Å². The van der Waals surface area contributed by atoms with Gasteiger partial charge in [0.15, 0.2) is 12.2 Å². The molecule has 1 saturated heterocycles. The molecule has 0 spiro atoms. The molecule has 9 heteroatoms. The lowest BCUT2D eigenvalue weighted by atomic mass is 10.0. The Hall–Kier alpha value is -2.35. The van der Waals surface area contributed by atoms with E-state index in [1.165, 1.54) is 12.1 Å². The van der Waals surface area contributed by atoms with Gasteiger partial charge < -0.3 is 19.8 Å². The molecule has 1 amide bonds. The van der Waals surface area contributed by atoms with Crippen LogP contribution in [0.25, 0.3) is 11.1 Å². The average Bonchev–Trinajstić information content (AvgIpc) is 3.15. The highest BCUT2D eigenvalue weighted by Crippen LogP contribution is 2.29. The molecule has 0 bridgehead atoms. The van der Waals surface area contributed by atoms with E-state index in [-0.39, 0.29) is 35.4 Å². The molecule has 0 radical (unpaired) electrons. The summed E-state index contributed by atoms with van der Waals surface area (Å²) in [4.78, 5) is 16.6. The lowest BCUT2D eigenvalue weighted by Gasteiger charge is -2.28. The largest absolute Gasteiger partial charge is 0.484 e. The van der Waals surface area contributed by atoms with Gasteiger partial charge in [-0.3, -0.25) is 4.79 Å². The number of aromatic nitrogens is 1. The van der Waals surface area contributed by atoms with Crippen LogP contribution in [-0.2, 0) is 4.79 Å². The van der Waals surface area contributed by atoms with Gasteiger partial charge in [-0.05, 0) is 37.1 Å². The van der Waals surface area contributed by atoms with Crippen LogP contribution in [0.3, 0.4) is 0 Å². The van der Waals surface area contributed by atoms with Crippen LogP contribution >= 0.6 is 23.2 Å². The maximum absolute atomic E-state index is 13.4. The van der Waals surface area contributed by atoms with Crippen molar-refractivity contribution in [2.45, 2.75) is 24.9 Å². The van der Waals surface area contributed by atoms with Crippen molar-refractivity contribution in [3.8, 4) is 5.75 Å². The second-order valence-corrected chi connectivity index (χ2v) is 7.62. The molecule has 29 heavy (non-hydrogen) atoms. The fraction of sp³-hybridized carbons (Fsp3) is 0.300. The molecule has 1 aliphatic heterocycles. The van der Waals surface area contributed by atoms with Crippen molar-refractivity contribution >= 4 is 40.2 Å². The SMILES string of the molecule is O=C(COc1ccc(Cl)c(F)c1)N[C@H]1CC[C@H](c2nc3c(Cl)cccc3o2)NC1. The predicted octanol–water partition coefficient (Wildman–Crippen LogP) is 4.26. The quantitative estimate of drug-likeness (QED) is 0.623. The van der Waals surface area contributed by atoms with E-state index in [2.05, 4.69) is 15.6 Å². The number of piperidine rings is 1. The fourth-order valence-corrected chi connectivity index (χ4v) is 3.58. The minimum absolute atomic E-state index is 0.00542. The molecule has 2 heterocycles. The molecular weight excluding hydrogens is 420 g/mol. The highest BCUT2D eigenvalue weighted by molar-refractivity contribution is 6.34. The predicted molar refractivity (Wildman–Crippen MR) is 108 cm³/mol. The minimum Gasteiger partial charge on any atom is -0.484 e. The molecule has 1 aliphatic rings. The molecule has 0 aliphatic carbocycles. The zero-order chi connectivity index (χ0) is 20.4. The topological polar surface area (TPSA) is 76.4 Å². The summed E-state index contributed by atoms with van der Waals surface area (Å²) in [6.45, 7) is 0.364. The highest BCUT2D eigenvalue weighted by atomic mass is 35.5. The number of para-hydroxylation sites is 1. The Labute approximate surface area is 176 Å². The number of carbonyl (C=O) groups excluding carboxylic acids is 1. The molecule has 2 N–H and O–H groups in total. The first-order chi connectivity index (χ1) is 14.0. The van der Waals surface area contributed by atoms with E-state index in [9.17, 15) is 9.18 Å². The Balaban J connectivity index is 1.27. The number of halogens is 3. The van der Waals surface area contributed by atoms with Crippen LogP contribution < -0.4 is 15.4 Å². The number of nitrogens with one attached hydrogen (secondary N) is 2. The summed E-state index contributed by atoms with van der Waals surface area (Å²) in [5, 5.41) is 6.80. The Morgan fingerprint density at radius 3 is 2.86 bits per heavy atom. The van der Waals surface area contributed by atoms with E-state index in [4.69, 9.17) is 32.4 Å². The molecule has 1 aromatic heterocycles. The van der Waals surface area contributed by atoms with Gasteiger partial charge in [-0.1, -0.05) is 29.3 Å². The summed E-state index contributed by atoms with van der Waals surface area (Å²) >= 11 is 11.8. The molecule has 0 saturated carbocycles. The van der Waals surface area contributed by atoms with Crippen molar-refractivity contribution in [2.24, 2.45) is 0 Å². The lowest BCUT2D eigenvalue weighted by molar-refractivity contribution is -0.124. The van der Waals surface area contributed by atoms with Crippen LogP contribution in [0.15, 0.2) is 40.8 Å². The summed E-state index contributed by atoms with van der Waals surface area (Å²) in [7, 11) is 0. The number of amides is 1. The molecule has 6 nitrogen and oxygen atoms in total. The van der Waals surface area contributed by atoms with E-state index in [0.717, 1.165) is 18.9 Å². The summed E-state index contributed by atoms with van der Waals surface area (Å²) in [5.41, 5.74) is 1.30. The Kier molecular flexibility index (Phi) is 5.89. The van der Waals surface area contributed by atoms with Crippen LogP contribution in [0.5, 0.6) is 5.75 Å². The average molecular weight is 438 g/mol. The van der Waals surface area contributed by atoms with Gasteiger partial charge in [0.05, 0.1) is 16.1 Å². The van der Waals surface area contributed by atoms with E-state index in [1.54, 1.807) is 6.07 Å². The molecule has 3 aromatic rings. The van der Waals surface area contributed by atoms with E-state index >= 15 is 0 Å². The van der Waals surface area contributed by atoms with Crippen molar-refractivity contribution < 1.29 is 18.3 Å². The highest BCUT2D eigenvalue weighted by Gasteiger charge is 2.26. The Morgan fingerprint density at radius 1 is 1.28 bits per heavy atom. The number of carbonyl (C=O) groups is 1. The van der Waals surface area contributed by atoms with Gasteiger partial charge in [-0.2, -0.15) is 0 Å². The van der Waals surface area contributed by atoms with Crippen LogP contribution in [0.2, 0.25) is 10.0 Å². The maximum atomic E-state index is 13.4. The van der Waals surface area contributed by atoms with Crippen LogP contribution in [-0.4, -0.2) is 30.1 Å². The normalized spacial score (nSPS) is 19.3. The van der Waals surface area contributed by atoms with Crippen molar-refractivity contribution in [1.29, 1.82) is 0 Å². The first-order valence-electron chi connectivity index (χ1n) is 9.15. The second kappa shape index (κ2) is 8.57. The number of oxazole rings is 1. The number of benzene rings is 2. The number of ether oxygens (including phenoxy) is 1. The number of hydrogen-bond donors (Lipinski definition) is 2. The third-order valence-electron chi connectivity index (χ3n) is 4.72. The number of hydrogen-bond acceptors (Lipinski definition) is 5. The smallest absolute Gasteiger partial charge is 0.258 e. The first kappa shape index (κ1) is 19.9. The third kappa shape index (κ3) is 4.63. The first-order valence-corrected chi connectivity index (χ1v) is 9.91. The van der Waals surface area contributed by atoms with Gasteiger partial charge in [-0.15, -0.1) is 0 Å². The van der Waals surface area contributed by atoms with Crippen LogP contribution in [0.1, 0.15) is 24.8 Å². The summed E-state index contributed by atoms with van der Waals surface area (Å²) in [5.74, 6) is -0.0312. The second-order valence-electron chi connectivity index (χ2n) is 6.81. The van der Waals surface area contributed by atoms with Crippen molar-refractivity contribution in [1.82, 2.24) is 15.6 Å². The molecule has 4 rings (SSSR count). The Bertz CT molecular complexity index is 1030. The lowest BCUT2D eigenvalue weighted by Crippen LogP contribution is -2.48. The zero-order valence-corrected chi connectivity index (χ0v) is 16.8. The molecule has 2 atom stereocenters. The van der Waals surface area contributed by atoms with Crippen LogP contribution in [0, 0.1) is 5.82 Å². The minimum atomic E-state index is -0.590. The molecule has 152 valence electrons.